The van der Waals surface area contributed by atoms with Crippen molar-refractivity contribution in [2.24, 2.45) is 0 Å². The average Bonchev–Trinajstić information content (AvgIpc) is 2.72. The molecule has 3 rings (SSSR count). The molecule has 3 aromatic carbocycles. The Labute approximate surface area is 154 Å². The maximum absolute atomic E-state index is 12.8. The normalized spacial score (nSPS) is 10.7. The van der Waals surface area contributed by atoms with Gasteiger partial charge in [-0.05, 0) is 28.6 Å². The van der Waals surface area contributed by atoms with Crippen LogP contribution >= 0.6 is 6.89 Å². The van der Waals surface area contributed by atoms with E-state index in [2.05, 4.69) is 42.5 Å². The summed E-state index contributed by atoms with van der Waals surface area (Å²) in [5.41, 5.74) is 0. The minimum Gasteiger partial charge on any atom is -0.295 e. The first-order valence-electron chi connectivity index (χ1n) is 8.58. The largest absolute Gasteiger partial charge is 0.295 e. The highest BCUT2D eigenvalue weighted by Crippen LogP contribution is 2.43. The summed E-state index contributed by atoms with van der Waals surface area (Å²) in [7, 11) is 0. The zero-order chi connectivity index (χ0) is 18.2. The topological polar surface area (TPSA) is 40.9 Å². The molecule has 3 aromatic rings. The third kappa shape index (κ3) is 3.69. The summed E-state index contributed by atoms with van der Waals surface area (Å²) >= 11 is 0. The number of hydrogen-bond donors (Lipinski definition) is 0. The molecular weight excluding hydrogens is 337 g/mol. The number of nitriles is 1. The summed E-state index contributed by atoms with van der Waals surface area (Å²) in [5.74, 6) is 1.92. The predicted molar refractivity (Wildman–Crippen MR) is 111 cm³/mol. The van der Waals surface area contributed by atoms with Crippen LogP contribution in [0.2, 0.25) is 0 Å². The van der Waals surface area contributed by atoms with Crippen molar-refractivity contribution >= 4 is 34.4 Å². The third-order valence-electron chi connectivity index (χ3n) is 4.31. The van der Waals surface area contributed by atoms with Crippen molar-refractivity contribution in [3.63, 3.8) is 0 Å². The van der Waals surface area contributed by atoms with Crippen molar-refractivity contribution in [2.45, 2.75) is 12.8 Å². The number of hydrogen-bond acceptors (Lipinski definition) is 2. The summed E-state index contributed by atoms with van der Waals surface area (Å²) in [6, 6.07) is 32.7. The summed E-state index contributed by atoms with van der Waals surface area (Å²) in [5, 5.41) is 12.3. The quantitative estimate of drug-likeness (QED) is 0.632. The van der Waals surface area contributed by atoms with Gasteiger partial charge in [0.15, 0.2) is 5.78 Å². The summed E-state index contributed by atoms with van der Waals surface area (Å²) < 4.78 is 0. The third-order valence-corrected chi connectivity index (χ3v) is 8.32. The first kappa shape index (κ1) is 17.9. The molecule has 0 fully saturated rings. The molecule has 0 bridgehead atoms. The van der Waals surface area contributed by atoms with E-state index in [1.807, 2.05) is 60.4 Å². The van der Waals surface area contributed by atoms with Crippen molar-refractivity contribution < 1.29 is 4.79 Å². The fraction of sp³-hybridized carbons (Fsp3) is 0.0870. The van der Waals surface area contributed by atoms with Gasteiger partial charge in [-0.25, -0.2) is 0 Å². The van der Waals surface area contributed by atoms with Gasteiger partial charge < -0.3 is 0 Å². The Morgan fingerprint density at radius 3 is 1.50 bits per heavy atom. The van der Waals surface area contributed by atoms with Crippen molar-refractivity contribution in [3.05, 3.63) is 91.0 Å². The molecule has 0 spiro atoms. The lowest BCUT2D eigenvalue weighted by Crippen LogP contribution is -2.28. The Bertz CT molecular complexity index is 854. The van der Waals surface area contributed by atoms with E-state index in [4.69, 9.17) is 5.26 Å². The number of rotatable bonds is 6. The molecule has 0 aliphatic heterocycles. The minimum atomic E-state index is -2.23. The maximum atomic E-state index is 12.8. The molecule has 0 unspecified atom stereocenters. The minimum absolute atomic E-state index is 0.0245. The second-order valence-electron chi connectivity index (χ2n) is 5.98. The molecule has 0 saturated heterocycles. The highest BCUT2D eigenvalue weighted by molar-refractivity contribution is 7.95. The predicted octanol–water partition coefficient (Wildman–Crippen LogP) is 3.66. The van der Waals surface area contributed by atoms with Gasteiger partial charge in [0.2, 0.25) is 0 Å². The van der Waals surface area contributed by atoms with E-state index in [0.717, 1.165) is 15.9 Å². The highest BCUT2D eigenvalue weighted by atomic mass is 31.2. The number of nitrogens with zero attached hydrogens (tertiary/aromatic N) is 1. The van der Waals surface area contributed by atoms with E-state index < -0.39 is 6.89 Å². The van der Waals surface area contributed by atoms with Crippen molar-refractivity contribution in [2.75, 3.05) is 0 Å². The van der Waals surface area contributed by atoms with Gasteiger partial charge in [-0.3, -0.25) is 4.79 Å². The van der Waals surface area contributed by atoms with E-state index in [1.54, 1.807) is 0 Å². The van der Waals surface area contributed by atoms with Crippen LogP contribution in [0.4, 0.5) is 0 Å². The van der Waals surface area contributed by atoms with Crippen LogP contribution in [-0.2, 0) is 4.79 Å². The molecule has 0 amide bonds. The van der Waals surface area contributed by atoms with Crippen molar-refractivity contribution in [1.29, 1.82) is 5.26 Å². The van der Waals surface area contributed by atoms with E-state index in [9.17, 15) is 4.79 Å². The van der Waals surface area contributed by atoms with Gasteiger partial charge in [0.05, 0.1) is 6.07 Å². The fourth-order valence-electron chi connectivity index (χ4n) is 3.12. The van der Waals surface area contributed by atoms with Crippen LogP contribution < -0.4 is 15.9 Å². The molecule has 128 valence electrons. The number of carbonyl (C=O) groups excluding carboxylic acids is 1. The number of ketones is 1. The Kier molecular flexibility index (Phi) is 5.84. The summed E-state index contributed by atoms with van der Waals surface area (Å²) in [4.78, 5) is 12.8. The van der Waals surface area contributed by atoms with Crippen molar-refractivity contribution in [3.8, 4) is 6.07 Å². The van der Waals surface area contributed by atoms with E-state index in [1.165, 1.54) is 0 Å². The van der Waals surface area contributed by atoms with Crippen LogP contribution in [0.3, 0.4) is 0 Å². The Balaban J connectivity index is 2.34. The van der Waals surface area contributed by atoms with E-state index in [0.29, 0.717) is 0 Å². The lowest BCUT2D eigenvalue weighted by atomic mass is 10.2. The van der Waals surface area contributed by atoms with Crippen LogP contribution in [0.5, 0.6) is 0 Å². The molecule has 2 nitrogen and oxygen atoms in total. The second-order valence-corrected chi connectivity index (χ2v) is 9.24. The van der Waals surface area contributed by atoms with Gasteiger partial charge in [-0.1, -0.05) is 91.0 Å². The highest BCUT2D eigenvalue weighted by Gasteiger charge is 2.25. The standard InChI is InChI=1S/C23H20NOP/c24-18-10-11-20(25)19-26(21-12-4-1-5-13-21,22-14-6-2-7-15-22)23-16-8-3-9-17-23/h1-9,12-17,19H,10-11H2. The summed E-state index contributed by atoms with van der Waals surface area (Å²) in [6.45, 7) is -2.23. The fourth-order valence-corrected chi connectivity index (χ4v) is 6.95. The Morgan fingerprint density at radius 2 is 1.15 bits per heavy atom. The van der Waals surface area contributed by atoms with Crippen LogP contribution in [0, 0.1) is 11.3 Å². The monoisotopic (exact) mass is 357 g/mol. The number of carbonyl (C=O) groups is 1. The molecule has 0 heterocycles. The molecule has 26 heavy (non-hydrogen) atoms. The van der Waals surface area contributed by atoms with Gasteiger partial charge in [-0.15, -0.1) is 0 Å². The lowest BCUT2D eigenvalue weighted by Gasteiger charge is -2.28. The lowest BCUT2D eigenvalue weighted by molar-refractivity contribution is -0.112. The molecule has 0 aliphatic carbocycles. The zero-order valence-electron chi connectivity index (χ0n) is 14.5. The molecular formula is C23H20NOP. The second kappa shape index (κ2) is 8.48. The van der Waals surface area contributed by atoms with Gasteiger partial charge in [0.25, 0.3) is 0 Å². The van der Waals surface area contributed by atoms with E-state index >= 15 is 0 Å². The first-order valence-corrected chi connectivity index (χ1v) is 10.4. The van der Waals surface area contributed by atoms with Gasteiger partial charge >= 0.3 is 0 Å². The molecule has 0 radical (unpaired) electrons. The number of benzene rings is 3. The van der Waals surface area contributed by atoms with Crippen LogP contribution in [0.15, 0.2) is 91.0 Å². The summed E-state index contributed by atoms with van der Waals surface area (Å²) in [6.07, 6.45) is 0.498. The number of Topliss-reactive ketones (excluding diaryl/α,β-unsaturated/α-hetero) is 1. The molecule has 0 saturated carbocycles. The van der Waals surface area contributed by atoms with E-state index in [-0.39, 0.29) is 18.6 Å². The average molecular weight is 357 g/mol. The van der Waals surface area contributed by atoms with Crippen LogP contribution in [0.1, 0.15) is 12.8 Å². The van der Waals surface area contributed by atoms with Crippen LogP contribution in [-0.4, -0.2) is 11.6 Å². The molecule has 0 aromatic heterocycles. The molecule has 0 atom stereocenters. The Morgan fingerprint density at radius 1 is 0.769 bits per heavy atom. The zero-order valence-corrected chi connectivity index (χ0v) is 15.3. The van der Waals surface area contributed by atoms with Crippen LogP contribution in [0.25, 0.3) is 0 Å². The SMILES string of the molecule is N#CCCC(=O)C=P(c1ccccc1)(c1ccccc1)c1ccccc1. The molecule has 3 heteroatoms. The smallest absolute Gasteiger partial charge is 0.157 e. The van der Waals surface area contributed by atoms with Gasteiger partial charge in [0.1, 0.15) is 0 Å². The maximum Gasteiger partial charge on any atom is 0.157 e. The Hall–Kier alpha value is -2.88. The van der Waals surface area contributed by atoms with Gasteiger partial charge in [-0.2, -0.15) is 5.26 Å². The van der Waals surface area contributed by atoms with Crippen molar-refractivity contribution in [1.82, 2.24) is 0 Å². The first-order chi connectivity index (χ1) is 12.8. The van der Waals surface area contributed by atoms with Gasteiger partial charge in [0, 0.05) is 12.8 Å². The molecule has 0 aliphatic rings. The molecule has 0 N–H and O–H groups in total.